The molecule has 25 heavy (non-hydrogen) atoms. The van der Waals surface area contributed by atoms with Crippen LogP contribution in [0.3, 0.4) is 0 Å². The number of aromatic amines is 1. The van der Waals surface area contributed by atoms with Gasteiger partial charge in [-0.15, -0.1) is 0 Å². The Labute approximate surface area is 146 Å². The molecule has 0 aliphatic carbocycles. The number of nitrogens with zero attached hydrogens (tertiary/aromatic N) is 1. The standard InChI is InChI=1S/C20H23N3O2/c1-20(2,3)15-10-8-14(9-11-15)18(24)21-12-13-23-17-7-5-4-6-16(17)22-19(23)25/h4-11H,12-13H2,1-3H3,(H,21,24)(H,22,25). The van der Waals surface area contributed by atoms with E-state index in [9.17, 15) is 9.59 Å². The summed E-state index contributed by atoms with van der Waals surface area (Å²) >= 11 is 0. The quantitative estimate of drug-likeness (QED) is 0.768. The van der Waals surface area contributed by atoms with Gasteiger partial charge in [0.2, 0.25) is 0 Å². The van der Waals surface area contributed by atoms with Gasteiger partial charge in [-0.2, -0.15) is 0 Å². The number of aromatic nitrogens is 2. The Kier molecular flexibility index (Phi) is 4.49. The summed E-state index contributed by atoms with van der Waals surface area (Å²) in [5, 5.41) is 2.87. The highest BCUT2D eigenvalue weighted by Gasteiger charge is 2.14. The molecule has 1 heterocycles. The van der Waals surface area contributed by atoms with Crippen LogP contribution in [0.25, 0.3) is 11.0 Å². The summed E-state index contributed by atoms with van der Waals surface area (Å²) in [6.07, 6.45) is 0. The van der Waals surface area contributed by atoms with Crippen molar-refractivity contribution in [3.8, 4) is 0 Å². The number of H-pyrrole nitrogens is 1. The van der Waals surface area contributed by atoms with Crippen molar-refractivity contribution in [2.24, 2.45) is 0 Å². The van der Waals surface area contributed by atoms with Gasteiger partial charge in [-0.1, -0.05) is 45.0 Å². The molecule has 2 aromatic carbocycles. The number of para-hydroxylation sites is 2. The van der Waals surface area contributed by atoms with Crippen molar-refractivity contribution in [1.82, 2.24) is 14.9 Å². The molecule has 3 aromatic rings. The largest absolute Gasteiger partial charge is 0.350 e. The van der Waals surface area contributed by atoms with Crippen LogP contribution >= 0.6 is 0 Å². The van der Waals surface area contributed by atoms with Gasteiger partial charge in [-0.3, -0.25) is 9.36 Å². The Bertz CT molecular complexity index is 943. The monoisotopic (exact) mass is 337 g/mol. The van der Waals surface area contributed by atoms with Crippen LogP contribution in [0.15, 0.2) is 53.3 Å². The Morgan fingerprint density at radius 1 is 1.08 bits per heavy atom. The van der Waals surface area contributed by atoms with Crippen LogP contribution in [0.2, 0.25) is 0 Å². The molecule has 0 aliphatic heterocycles. The number of benzene rings is 2. The SMILES string of the molecule is CC(C)(C)c1ccc(C(=O)NCCn2c(=O)[nH]c3ccccc32)cc1. The average molecular weight is 337 g/mol. The highest BCUT2D eigenvalue weighted by molar-refractivity contribution is 5.94. The Morgan fingerprint density at radius 3 is 2.44 bits per heavy atom. The van der Waals surface area contributed by atoms with E-state index in [1.807, 2.05) is 48.5 Å². The number of carbonyl (C=O) groups is 1. The van der Waals surface area contributed by atoms with E-state index >= 15 is 0 Å². The van der Waals surface area contributed by atoms with Crippen molar-refractivity contribution < 1.29 is 4.79 Å². The summed E-state index contributed by atoms with van der Waals surface area (Å²) in [6.45, 7) is 7.24. The number of fused-ring (bicyclic) bond motifs is 1. The van der Waals surface area contributed by atoms with E-state index in [4.69, 9.17) is 0 Å². The number of rotatable bonds is 4. The van der Waals surface area contributed by atoms with Gasteiger partial charge in [0.25, 0.3) is 5.91 Å². The number of hydrogen-bond donors (Lipinski definition) is 2. The lowest BCUT2D eigenvalue weighted by Crippen LogP contribution is -2.30. The molecule has 0 saturated carbocycles. The number of nitrogens with one attached hydrogen (secondary N) is 2. The first kappa shape index (κ1) is 17.0. The zero-order valence-corrected chi connectivity index (χ0v) is 14.8. The lowest BCUT2D eigenvalue weighted by Gasteiger charge is -2.19. The number of amides is 1. The van der Waals surface area contributed by atoms with Gasteiger partial charge in [0.05, 0.1) is 11.0 Å². The predicted octanol–water partition coefficient (Wildman–Crippen LogP) is 3.06. The lowest BCUT2D eigenvalue weighted by molar-refractivity contribution is 0.0952. The molecule has 1 amide bonds. The van der Waals surface area contributed by atoms with Crippen molar-refractivity contribution in [3.63, 3.8) is 0 Å². The third kappa shape index (κ3) is 3.65. The average Bonchev–Trinajstić information content (AvgIpc) is 2.90. The summed E-state index contributed by atoms with van der Waals surface area (Å²) < 4.78 is 1.64. The summed E-state index contributed by atoms with van der Waals surface area (Å²) in [6, 6.07) is 15.2. The van der Waals surface area contributed by atoms with E-state index in [1.165, 1.54) is 5.56 Å². The highest BCUT2D eigenvalue weighted by atomic mass is 16.2. The topological polar surface area (TPSA) is 66.9 Å². The fourth-order valence-corrected chi connectivity index (χ4v) is 2.83. The van der Waals surface area contributed by atoms with Crippen LogP contribution in [0.5, 0.6) is 0 Å². The second-order valence-electron chi connectivity index (χ2n) is 7.18. The van der Waals surface area contributed by atoms with Gasteiger partial charge in [-0.25, -0.2) is 4.79 Å². The summed E-state index contributed by atoms with van der Waals surface area (Å²) in [4.78, 5) is 27.1. The van der Waals surface area contributed by atoms with Crippen LogP contribution < -0.4 is 11.0 Å². The Balaban J connectivity index is 1.64. The van der Waals surface area contributed by atoms with Gasteiger partial charge >= 0.3 is 5.69 Å². The van der Waals surface area contributed by atoms with Gasteiger partial charge in [0.1, 0.15) is 0 Å². The maximum absolute atomic E-state index is 12.3. The van der Waals surface area contributed by atoms with Crippen LogP contribution in [0.4, 0.5) is 0 Å². The molecule has 0 atom stereocenters. The summed E-state index contributed by atoms with van der Waals surface area (Å²) in [7, 11) is 0. The van der Waals surface area contributed by atoms with Crippen molar-refractivity contribution in [2.75, 3.05) is 6.54 Å². The Morgan fingerprint density at radius 2 is 1.76 bits per heavy atom. The smallest absolute Gasteiger partial charge is 0.326 e. The predicted molar refractivity (Wildman–Crippen MR) is 100 cm³/mol. The molecule has 3 rings (SSSR count). The maximum atomic E-state index is 12.3. The van der Waals surface area contributed by atoms with E-state index in [-0.39, 0.29) is 17.0 Å². The summed E-state index contributed by atoms with van der Waals surface area (Å²) in [5.41, 5.74) is 3.36. The molecule has 0 spiro atoms. The second-order valence-corrected chi connectivity index (χ2v) is 7.18. The van der Waals surface area contributed by atoms with Crippen molar-refractivity contribution in [2.45, 2.75) is 32.7 Å². The summed E-state index contributed by atoms with van der Waals surface area (Å²) in [5.74, 6) is -0.131. The molecular weight excluding hydrogens is 314 g/mol. The van der Waals surface area contributed by atoms with Gasteiger partial charge < -0.3 is 10.3 Å². The fourth-order valence-electron chi connectivity index (χ4n) is 2.83. The minimum atomic E-state index is -0.162. The highest BCUT2D eigenvalue weighted by Crippen LogP contribution is 2.22. The minimum Gasteiger partial charge on any atom is -0.350 e. The van der Waals surface area contributed by atoms with Crippen molar-refractivity contribution in [1.29, 1.82) is 0 Å². The zero-order chi connectivity index (χ0) is 18.0. The first-order chi connectivity index (χ1) is 11.9. The third-order valence-electron chi connectivity index (χ3n) is 4.32. The molecule has 0 aliphatic rings. The molecule has 5 nitrogen and oxygen atoms in total. The number of imidazole rings is 1. The van der Waals surface area contributed by atoms with Crippen LogP contribution in [0.1, 0.15) is 36.7 Å². The minimum absolute atomic E-state index is 0.0610. The molecule has 5 heteroatoms. The van der Waals surface area contributed by atoms with Crippen molar-refractivity contribution in [3.05, 3.63) is 70.1 Å². The van der Waals surface area contributed by atoms with E-state index < -0.39 is 0 Å². The third-order valence-corrected chi connectivity index (χ3v) is 4.32. The van der Waals surface area contributed by atoms with Crippen LogP contribution in [-0.2, 0) is 12.0 Å². The molecule has 0 bridgehead atoms. The molecule has 0 unspecified atom stereocenters. The fraction of sp³-hybridized carbons (Fsp3) is 0.300. The van der Waals surface area contributed by atoms with Crippen molar-refractivity contribution >= 4 is 16.9 Å². The van der Waals surface area contributed by atoms with E-state index in [0.717, 1.165) is 11.0 Å². The van der Waals surface area contributed by atoms with E-state index in [2.05, 4.69) is 31.1 Å². The number of hydrogen-bond acceptors (Lipinski definition) is 2. The molecule has 2 N–H and O–H groups in total. The Hall–Kier alpha value is -2.82. The first-order valence-corrected chi connectivity index (χ1v) is 8.42. The number of carbonyl (C=O) groups excluding carboxylic acids is 1. The zero-order valence-electron chi connectivity index (χ0n) is 14.8. The van der Waals surface area contributed by atoms with Gasteiger partial charge in [-0.05, 0) is 35.2 Å². The molecule has 130 valence electrons. The van der Waals surface area contributed by atoms with E-state index in [0.29, 0.717) is 18.7 Å². The van der Waals surface area contributed by atoms with Crippen LogP contribution in [-0.4, -0.2) is 22.0 Å². The van der Waals surface area contributed by atoms with Crippen LogP contribution in [0, 0.1) is 0 Å². The van der Waals surface area contributed by atoms with E-state index in [1.54, 1.807) is 4.57 Å². The lowest BCUT2D eigenvalue weighted by atomic mass is 9.87. The van der Waals surface area contributed by atoms with Gasteiger partial charge in [0.15, 0.2) is 0 Å². The molecule has 0 saturated heterocycles. The molecule has 0 fully saturated rings. The first-order valence-electron chi connectivity index (χ1n) is 8.42. The molecule has 1 aromatic heterocycles. The normalized spacial score (nSPS) is 11.6. The molecule has 0 radical (unpaired) electrons. The second kappa shape index (κ2) is 6.59. The molecular formula is C20H23N3O2. The van der Waals surface area contributed by atoms with Gasteiger partial charge in [0, 0.05) is 18.7 Å². The maximum Gasteiger partial charge on any atom is 0.326 e.